The van der Waals surface area contributed by atoms with Crippen LogP contribution in [0.25, 0.3) is 11.3 Å². The minimum Gasteiger partial charge on any atom is -0.354 e. The van der Waals surface area contributed by atoms with Crippen molar-refractivity contribution in [3.8, 4) is 11.3 Å². The summed E-state index contributed by atoms with van der Waals surface area (Å²) in [5, 5.41) is 7.85. The van der Waals surface area contributed by atoms with E-state index in [-0.39, 0.29) is 18.0 Å². The Morgan fingerprint density at radius 2 is 2.00 bits per heavy atom. The van der Waals surface area contributed by atoms with Crippen LogP contribution in [-0.4, -0.2) is 46.3 Å². The number of rotatable bonds is 7. The molecule has 1 fully saturated rings. The van der Waals surface area contributed by atoms with Crippen LogP contribution in [0.3, 0.4) is 0 Å². The number of piperidine rings is 1. The molecule has 6 nitrogen and oxygen atoms in total. The Morgan fingerprint density at radius 1 is 1.21 bits per heavy atom. The number of carbonyl (C=O) groups is 1. The van der Waals surface area contributed by atoms with Crippen molar-refractivity contribution in [3.63, 3.8) is 0 Å². The van der Waals surface area contributed by atoms with Gasteiger partial charge in [-0.1, -0.05) is 30.2 Å². The van der Waals surface area contributed by atoms with Crippen molar-refractivity contribution in [2.24, 2.45) is 0 Å². The molecule has 28 heavy (non-hydrogen) atoms. The number of carbonyl (C=O) groups excluding carboxylic acids is 1. The van der Waals surface area contributed by atoms with Gasteiger partial charge in [0.25, 0.3) is 5.56 Å². The molecule has 1 aliphatic rings. The average molecular weight is 403 g/mol. The van der Waals surface area contributed by atoms with Gasteiger partial charge in [-0.25, -0.2) is 4.68 Å². The van der Waals surface area contributed by atoms with E-state index in [1.807, 2.05) is 12.1 Å². The molecule has 1 atom stereocenters. The summed E-state index contributed by atoms with van der Waals surface area (Å²) in [7, 11) is 0. The van der Waals surface area contributed by atoms with Gasteiger partial charge in [0.05, 0.1) is 5.69 Å². The van der Waals surface area contributed by atoms with E-state index in [4.69, 9.17) is 11.6 Å². The van der Waals surface area contributed by atoms with E-state index < -0.39 is 0 Å². The molecule has 0 saturated carbocycles. The maximum atomic E-state index is 12.2. The summed E-state index contributed by atoms with van der Waals surface area (Å²) in [5.41, 5.74) is 1.17. The van der Waals surface area contributed by atoms with Crippen molar-refractivity contribution >= 4 is 17.5 Å². The molecule has 0 aliphatic carbocycles. The lowest BCUT2D eigenvalue weighted by Gasteiger charge is -2.33. The molecule has 1 aliphatic heterocycles. The smallest absolute Gasteiger partial charge is 0.267 e. The van der Waals surface area contributed by atoms with Crippen LogP contribution in [0.2, 0.25) is 5.02 Å². The van der Waals surface area contributed by atoms with E-state index in [9.17, 15) is 9.59 Å². The van der Waals surface area contributed by atoms with Gasteiger partial charge in [0.1, 0.15) is 6.54 Å². The summed E-state index contributed by atoms with van der Waals surface area (Å²) < 4.78 is 1.20. The predicted octanol–water partition coefficient (Wildman–Crippen LogP) is 2.94. The zero-order valence-electron chi connectivity index (χ0n) is 16.2. The summed E-state index contributed by atoms with van der Waals surface area (Å²) in [6.07, 6.45) is 4.73. The first-order chi connectivity index (χ1) is 13.5. The van der Waals surface area contributed by atoms with Crippen LogP contribution in [0, 0.1) is 0 Å². The molecule has 150 valence electrons. The van der Waals surface area contributed by atoms with E-state index in [0.29, 0.717) is 23.3 Å². The van der Waals surface area contributed by atoms with E-state index in [1.165, 1.54) is 30.0 Å². The lowest BCUT2D eigenvalue weighted by Crippen LogP contribution is -2.39. The first kappa shape index (κ1) is 20.6. The van der Waals surface area contributed by atoms with Crippen LogP contribution >= 0.6 is 11.6 Å². The Bertz CT molecular complexity index is 850. The molecule has 1 aromatic carbocycles. The predicted molar refractivity (Wildman–Crippen MR) is 111 cm³/mol. The Kier molecular flexibility index (Phi) is 7.23. The summed E-state index contributed by atoms with van der Waals surface area (Å²) in [4.78, 5) is 26.8. The third-order valence-electron chi connectivity index (χ3n) is 5.18. The van der Waals surface area contributed by atoms with Crippen LogP contribution in [0.4, 0.5) is 0 Å². The molecule has 1 aromatic heterocycles. The van der Waals surface area contributed by atoms with E-state index in [0.717, 1.165) is 25.1 Å². The number of nitrogens with zero attached hydrogens (tertiary/aromatic N) is 3. The number of hydrogen-bond acceptors (Lipinski definition) is 4. The van der Waals surface area contributed by atoms with Crippen molar-refractivity contribution < 1.29 is 4.79 Å². The Hall–Kier alpha value is -2.18. The van der Waals surface area contributed by atoms with Gasteiger partial charge in [-0.2, -0.15) is 5.10 Å². The minimum absolute atomic E-state index is 0.0830. The van der Waals surface area contributed by atoms with E-state index in [1.54, 1.807) is 18.2 Å². The zero-order valence-corrected chi connectivity index (χ0v) is 17.0. The largest absolute Gasteiger partial charge is 0.354 e. The lowest BCUT2D eigenvalue weighted by molar-refractivity contribution is -0.121. The van der Waals surface area contributed by atoms with E-state index in [2.05, 4.69) is 22.2 Å². The van der Waals surface area contributed by atoms with Crippen LogP contribution in [-0.2, 0) is 11.3 Å². The van der Waals surface area contributed by atoms with Gasteiger partial charge in [0, 0.05) is 35.8 Å². The fourth-order valence-corrected chi connectivity index (χ4v) is 3.65. The molecule has 7 heteroatoms. The molecular weight excluding hydrogens is 376 g/mol. The fourth-order valence-electron chi connectivity index (χ4n) is 3.53. The second-order valence-electron chi connectivity index (χ2n) is 7.31. The van der Waals surface area contributed by atoms with Gasteiger partial charge in [-0.05, 0) is 50.9 Å². The highest BCUT2D eigenvalue weighted by Gasteiger charge is 2.17. The maximum absolute atomic E-state index is 12.2. The quantitative estimate of drug-likeness (QED) is 0.723. The lowest BCUT2D eigenvalue weighted by atomic mass is 10.0. The number of hydrogen-bond donors (Lipinski definition) is 1. The molecule has 2 heterocycles. The van der Waals surface area contributed by atoms with Crippen molar-refractivity contribution in [3.05, 3.63) is 51.8 Å². The van der Waals surface area contributed by atoms with Gasteiger partial charge in [-0.15, -0.1) is 0 Å². The summed E-state index contributed by atoms with van der Waals surface area (Å²) in [6.45, 7) is 4.93. The number of nitrogens with one attached hydrogen (secondary N) is 1. The Balaban J connectivity index is 1.51. The number of amides is 1. The zero-order chi connectivity index (χ0) is 19.9. The molecule has 1 N–H and O–H groups in total. The molecule has 2 aromatic rings. The highest BCUT2D eigenvalue weighted by atomic mass is 35.5. The molecule has 0 radical (unpaired) electrons. The Labute approximate surface area is 170 Å². The van der Waals surface area contributed by atoms with Crippen molar-refractivity contribution in [1.29, 1.82) is 0 Å². The molecule has 1 saturated heterocycles. The summed E-state index contributed by atoms with van der Waals surface area (Å²) in [5.74, 6) is -0.199. The van der Waals surface area contributed by atoms with Crippen LogP contribution in [0.5, 0.6) is 0 Å². The standard InChI is InChI=1S/C21H27ClN4O2/c1-16-5-2-3-13-25(16)14-4-12-23-20(27)15-26-21(28)11-10-19(24-26)17-6-8-18(22)9-7-17/h6-11,16H,2-5,12-15H2,1H3,(H,23,27). The highest BCUT2D eigenvalue weighted by molar-refractivity contribution is 6.30. The normalized spacial score (nSPS) is 17.4. The second kappa shape index (κ2) is 9.85. The van der Waals surface area contributed by atoms with Crippen molar-refractivity contribution in [2.45, 2.75) is 45.2 Å². The molecule has 0 bridgehead atoms. The monoisotopic (exact) mass is 402 g/mol. The molecule has 1 amide bonds. The third kappa shape index (κ3) is 5.66. The SMILES string of the molecule is CC1CCCCN1CCCNC(=O)Cn1nc(-c2ccc(Cl)cc2)ccc1=O. The number of halogens is 1. The van der Waals surface area contributed by atoms with Crippen molar-refractivity contribution in [1.82, 2.24) is 20.0 Å². The van der Waals surface area contributed by atoms with E-state index >= 15 is 0 Å². The molecule has 3 rings (SSSR count). The number of benzene rings is 1. The molecule has 0 spiro atoms. The second-order valence-corrected chi connectivity index (χ2v) is 7.74. The van der Waals surface area contributed by atoms with Gasteiger partial charge in [0.15, 0.2) is 0 Å². The number of likely N-dealkylation sites (tertiary alicyclic amines) is 1. The van der Waals surface area contributed by atoms with Crippen LogP contribution in [0.15, 0.2) is 41.2 Å². The number of aromatic nitrogens is 2. The van der Waals surface area contributed by atoms with Gasteiger partial charge in [0.2, 0.25) is 5.91 Å². The van der Waals surface area contributed by atoms with Gasteiger partial charge < -0.3 is 10.2 Å². The maximum Gasteiger partial charge on any atom is 0.267 e. The first-order valence-electron chi connectivity index (χ1n) is 9.88. The van der Waals surface area contributed by atoms with Crippen molar-refractivity contribution in [2.75, 3.05) is 19.6 Å². The van der Waals surface area contributed by atoms with Gasteiger partial charge in [-0.3, -0.25) is 9.59 Å². The van der Waals surface area contributed by atoms with Crippen LogP contribution < -0.4 is 10.9 Å². The summed E-state index contributed by atoms with van der Waals surface area (Å²) in [6, 6.07) is 10.9. The first-order valence-corrected chi connectivity index (χ1v) is 10.3. The third-order valence-corrected chi connectivity index (χ3v) is 5.44. The molecular formula is C21H27ClN4O2. The highest BCUT2D eigenvalue weighted by Crippen LogP contribution is 2.18. The average Bonchev–Trinajstić information content (AvgIpc) is 2.69. The molecule has 1 unspecified atom stereocenters. The summed E-state index contributed by atoms with van der Waals surface area (Å²) >= 11 is 5.91. The Morgan fingerprint density at radius 3 is 2.75 bits per heavy atom. The minimum atomic E-state index is -0.296. The van der Waals surface area contributed by atoms with Crippen LogP contribution in [0.1, 0.15) is 32.6 Å². The van der Waals surface area contributed by atoms with Gasteiger partial charge >= 0.3 is 0 Å². The fraction of sp³-hybridized carbons (Fsp3) is 0.476. The topological polar surface area (TPSA) is 67.2 Å².